The van der Waals surface area contributed by atoms with E-state index in [1.165, 1.54) is 32.1 Å². The number of morpholine rings is 1. The summed E-state index contributed by atoms with van der Waals surface area (Å²) in [6, 6.07) is 4.75. The number of rotatable bonds is 4. The van der Waals surface area contributed by atoms with Crippen LogP contribution in [0, 0.1) is 0 Å². The third kappa shape index (κ3) is 8.29. The molecule has 0 radical (unpaired) electrons. The fourth-order valence-electron chi connectivity index (χ4n) is 4.92. The van der Waals surface area contributed by atoms with E-state index in [0.29, 0.717) is 12.6 Å². The first kappa shape index (κ1) is 28.1. The Morgan fingerprint density at radius 1 is 1.11 bits per heavy atom. The molecule has 1 saturated heterocycles. The molecule has 0 atom stereocenters. The molecule has 1 aliphatic carbocycles. The number of nitrogens with one attached hydrogen (secondary N) is 2. The lowest BCUT2D eigenvalue weighted by atomic mass is 9.97. The van der Waals surface area contributed by atoms with Gasteiger partial charge in [-0.2, -0.15) is 0 Å². The maximum absolute atomic E-state index is 12.5. The van der Waals surface area contributed by atoms with Gasteiger partial charge in [0, 0.05) is 37.8 Å². The average molecular weight is 523 g/mol. The van der Waals surface area contributed by atoms with Gasteiger partial charge in [-0.25, -0.2) is 0 Å². The highest BCUT2D eigenvalue weighted by atomic mass is 32.2. The summed E-state index contributed by atoms with van der Waals surface area (Å²) in [6.07, 6.45) is 8.46. The normalized spacial score (nSPS) is 18.1. The van der Waals surface area contributed by atoms with Gasteiger partial charge in [-0.3, -0.25) is 9.69 Å². The maximum Gasteiger partial charge on any atom is 0.425 e. The number of aromatic amines is 1. The molecule has 0 bridgehead atoms. The van der Waals surface area contributed by atoms with Crippen molar-refractivity contribution in [3.63, 3.8) is 0 Å². The molecule has 1 aromatic carbocycles. The summed E-state index contributed by atoms with van der Waals surface area (Å²) in [5, 5.41) is 4.42. The summed E-state index contributed by atoms with van der Waals surface area (Å²) in [5.74, 6) is 0.852. The van der Waals surface area contributed by atoms with Gasteiger partial charge in [0.05, 0.1) is 36.4 Å². The Bertz CT molecular complexity index is 1150. The number of anilines is 1. The van der Waals surface area contributed by atoms with E-state index in [2.05, 4.69) is 27.3 Å². The van der Waals surface area contributed by atoms with Crippen molar-refractivity contribution in [1.82, 2.24) is 9.88 Å². The molecule has 4 N–H and O–H groups in total. The van der Waals surface area contributed by atoms with Crippen LogP contribution in [0.3, 0.4) is 0 Å². The Morgan fingerprint density at radius 2 is 1.81 bits per heavy atom. The predicted octanol–water partition coefficient (Wildman–Crippen LogP) is 2.39. The van der Waals surface area contributed by atoms with Crippen molar-refractivity contribution in [2.45, 2.75) is 64.5 Å². The summed E-state index contributed by atoms with van der Waals surface area (Å²) in [4.78, 5) is 17.9. The van der Waals surface area contributed by atoms with Gasteiger partial charge in [0.2, 0.25) is 0 Å². The van der Waals surface area contributed by atoms with E-state index in [-0.39, 0.29) is 5.56 Å². The minimum Gasteiger partial charge on any atom is -0.493 e. The quantitative estimate of drug-likeness (QED) is 0.551. The Morgan fingerprint density at radius 3 is 2.42 bits per heavy atom. The fraction of sp³-hybridized carbons (Fsp3) is 0.640. The second-order valence-corrected chi connectivity index (χ2v) is 9.69. The Kier molecular flexibility index (Phi) is 11.2. The molecule has 10 nitrogen and oxygen atoms in total. The molecular formula is C25H38N4O6S. The third-order valence-electron chi connectivity index (χ3n) is 6.60. The number of H-pyrrole nitrogens is 1. The first-order valence-corrected chi connectivity index (χ1v) is 13.8. The highest BCUT2D eigenvalue weighted by molar-refractivity contribution is 7.59. The molecule has 0 spiro atoms. The largest absolute Gasteiger partial charge is 0.493 e. The first-order valence-electron chi connectivity index (χ1n) is 12.8. The molecule has 1 saturated carbocycles. The number of ether oxygens (including phenoxy) is 2. The van der Waals surface area contributed by atoms with Crippen molar-refractivity contribution < 1.29 is 22.1 Å². The lowest BCUT2D eigenvalue weighted by molar-refractivity contribution is 0.0342. The molecule has 1 aromatic heterocycles. The van der Waals surface area contributed by atoms with Gasteiger partial charge >= 0.3 is 10.6 Å². The van der Waals surface area contributed by atoms with E-state index >= 15 is 0 Å². The summed E-state index contributed by atoms with van der Waals surface area (Å²) in [7, 11) is -3.11. The van der Waals surface area contributed by atoms with Gasteiger partial charge in [0.25, 0.3) is 5.56 Å². The number of nitrogens with zero attached hydrogens (tertiary/aromatic N) is 1. The molecule has 200 valence electrons. The van der Waals surface area contributed by atoms with Crippen LogP contribution in [-0.2, 0) is 28.3 Å². The summed E-state index contributed by atoms with van der Waals surface area (Å²) >= 11 is 0. The number of hydrogen-bond acceptors (Lipinski definition) is 9. The summed E-state index contributed by atoms with van der Waals surface area (Å²) in [6.45, 7) is 7.75. The predicted molar refractivity (Wildman–Crippen MR) is 139 cm³/mol. The smallest absolute Gasteiger partial charge is 0.425 e. The average Bonchev–Trinajstić information content (AvgIpc) is 2.85. The van der Waals surface area contributed by atoms with Crippen LogP contribution in [0.25, 0.3) is 10.9 Å². The van der Waals surface area contributed by atoms with Crippen molar-refractivity contribution in [2.24, 2.45) is 5.73 Å². The minimum atomic E-state index is -3.11. The lowest BCUT2D eigenvalue weighted by Crippen LogP contribution is -2.35. The number of aromatic nitrogens is 1. The zero-order valence-electron chi connectivity index (χ0n) is 21.0. The molecule has 36 heavy (non-hydrogen) atoms. The van der Waals surface area contributed by atoms with E-state index in [1.54, 1.807) is 0 Å². The monoisotopic (exact) mass is 522 g/mol. The highest BCUT2D eigenvalue weighted by Crippen LogP contribution is 2.36. The SMILES string of the molecule is CCOc1cc(CN2CCOCC2)cc2[nH]c(=O)c3c(c12)NCCC3.NC1CCCCC1.O=S(=O)=O. The van der Waals surface area contributed by atoms with Gasteiger partial charge in [-0.05, 0) is 50.3 Å². The van der Waals surface area contributed by atoms with E-state index in [1.807, 2.05) is 6.92 Å². The lowest BCUT2D eigenvalue weighted by Gasteiger charge is -2.27. The van der Waals surface area contributed by atoms with Gasteiger partial charge in [-0.15, -0.1) is 12.6 Å². The van der Waals surface area contributed by atoms with E-state index in [0.717, 1.165) is 85.7 Å². The summed E-state index contributed by atoms with van der Waals surface area (Å²) < 4.78 is 36.7. The molecule has 2 fully saturated rings. The number of hydrogen-bond donors (Lipinski definition) is 3. The zero-order chi connectivity index (χ0) is 25.9. The van der Waals surface area contributed by atoms with Crippen LogP contribution in [0.15, 0.2) is 16.9 Å². The molecule has 11 heteroatoms. The van der Waals surface area contributed by atoms with Crippen LogP contribution in [0.5, 0.6) is 5.75 Å². The van der Waals surface area contributed by atoms with Gasteiger partial charge in [0.15, 0.2) is 0 Å². The van der Waals surface area contributed by atoms with Crippen LogP contribution in [0.2, 0.25) is 0 Å². The Labute approximate surface area is 213 Å². The highest BCUT2D eigenvalue weighted by Gasteiger charge is 2.20. The number of fused-ring (bicyclic) bond motifs is 3. The molecular weight excluding hydrogens is 484 g/mol. The van der Waals surface area contributed by atoms with Crippen molar-refractivity contribution >= 4 is 27.2 Å². The van der Waals surface area contributed by atoms with E-state index < -0.39 is 10.6 Å². The first-order chi connectivity index (χ1) is 17.4. The van der Waals surface area contributed by atoms with Crippen molar-refractivity contribution in [3.8, 4) is 5.75 Å². The van der Waals surface area contributed by atoms with Crippen LogP contribution >= 0.6 is 0 Å². The Hall–Kier alpha value is -2.47. The van der Waals surface area contributed by atoms with Gasteiger partial charge in [0.1, 0.15) is 5.75 Å². The molecule has 0 amide bonds. The van der Waals surface area contributed by atoms with Crippen molar-refractivity contribution in [3.05, 3.63) is 33.6 Å². The molecule has 2 aliphatic heterocycles. The van der Waals surface area contributed by atoms with Crippen LogP contribution in [0.4, 0.5) is 5.69 Å². The number of pyridine rings is 1. The number of nitrogens with two attached hydrogens (primary N) is 1. The van der Waals surface area contributed by atoms with Crippen molar-refractivity contribution in [1.29, 1.82) is 0 Å². The summed E-state index contributed by atoms with van der Waals surface area (Å²) in [5.41, 5.74) is 9.46. The van der Waals surface area contributed by atoms with Crippen molar-refractivity contribution in [2.75, 3.05) is 44.8 Å². The second kappa shape index (κ2) is 14.3. The molecule has 3 aliphatic rings. The van der Waals surface area contributed by atoms with E-state index in [4.69, 9.17) is 27.8 Å². The standard InChI is InChI=1S/C19H25N3O3.C6H13N.O3S/c1-2-25-16-11-13(12-22-6-8-24-9-7-22)10-15-17(16)18-14(19(23)21-15)4-3-5-20-18;7-6-4-2-1-3-5-6;1-4(2)3/h10-11,20H,2-9,12H2,1H3,(H,21,23);6H,1-5,7H2;. The van der Waals surface area contributed by atoms with Crippen LogP contribution in [0.1, 0.15) is 56.6 Å². The second-order valence-electron chi connectivity index (χ2n) is 9.28. The van der Waals surface area contributed by atoms with Gasteiger partial charge in [-0.1, -0.05) is 19.3 Å². The zero-order valence-corrected chi connectivity index (χ0v) is 21.8. The topological polar surface area (TPSA) is 144 Å². The minimum absolute atomic E-state index is 0.0145. The molecule has 5 rings (SSSR count). The van der Waals surface area contributed by atoms with E-state index in [9.17, 15) is 4.79 Å². The molecule has 0 unspecified atom stereocenters. The molecule has 2 aromatic rings. The molecule has 3 heterocycles. The van der Waals surface area contributed by atoms with Crippen LogP contribution < -0.4 is 21.3 Å². The fourth-order valence-corrected chi connectivity index (χ4v) is 4.92. The van der Waals surface area contributed by atoms with Crippen LogP contribution in [-0.4, -0.2) is 68.0 Å². The number of benzene rings is 1. The Balaban J connectivity index is 0.000000274. The maximum atomic E-state index is 12.5. The third-order valence-corrected chi connectivity index (χ3v) is 6.60. The van der Waals surface area contributed by atoms with Gasteiger partial charge < -0.3 is 25.5 Å².